The molecule has 1 aromatic carbocycles. The number of methoxy groups -OCH3 is 1. The van der Waals surface area contributed by atoms with Gasteiger partial charge in [-0.1, -0.05) is 25.3 Å². The third-order valence-corrected chi connectivity index (χ3v) is 5.54. The van der Waals surface area contributed by atoms with E-state index in [1.807, 2.05) is 0 Å². The van der Waals surface area contributed by atoms with E-state index in [0.29, 0.717) is 10.5 Å². The van der Waals surface area contributed by atoms with Crippen molar-refractivity contribution in [3.05, 3.63) is 53.9 Å². The number of nitrogens with one attached hydrogen (secondary N) is 1. The number of aryl methyl sites for hydroxylation is 1. The topological polar surface area (TPSA) is 71.5 Å². The molecule has 1 aliphatic rings. The predicted octanol–water partition coefficient (Wildman–Crippen LogP) is 4.48. The Labute approximate surface area is 184 Å². The average molecular weight is 449 g/mol. The molecule has 9 heteroatoms. The number of benzene rings is 1. The number of rotatable bonds is 6. The van der Waals surface area contributed by atoms with Crippen LogP contribution in [0, 0.1) is 6.92 Å². The first-order valence-corrected chi connectivity index (χ1v) is 10.5. The maximum absolute atomic E-state index is 13.7. The van der Waals surface area contributed by atoms with Crippen molar-refractivity contribution in [2.24, 2.45) is 0 Å². The van der Waals surface area contributed by atoms with Crippen LogP contribution in [-0.2, 0) is 9.59 Å². The van der Waals surface area contributed by atoms with Gasteiger partial charge in [0, 0.05) is 18.4 Å². The van der Waals surface area contributed by atoms with Crippen molar-refractivity contribution in [1.29, 1.82) is 0 Å². The van der Waals surface area contributed by atoms with Gasteiger partial charge >= 0.3 is 12.1 Å². The molecule has 0 aliphatic heterocycles. The van der Waals surface area contributed by atoms with E-state index in [1.54, 1.807) is 13.0 Å². The number of amides is 2. The van der Waals surface area contributed by atoms with E-state index in [9.17, 15) is 22.8 Å². The zero-order valence-electron chi connectivity index (χ0n) is 18.0. The molecule has 0 radical (unpaired) electrons. The van der Waals surface area contributed by atoms with Crippen LogP contribution in [0.2, 0.25) is 0 Å². The first-order valence-electron chi connectivity index (χ1n) is 10.5. The molecule has 0 bridgehead atoms. The summed E-state index contributed by atoms with van der Waals surface area (Å²) in [6, 6.07) is 5.71. The minimum atomic E-state index is -5.20. The highest BCUT2D eigenvalue weighted by Gasteiger charge is 2.48. The Morgan fingerprint density at radius 3 is 2.38 bits per heavy atom. The Morgan fingerprint density at radius 2 is 1.78 bits per heavy atom. The second kappa shape index (κ2) is 10.0. The summed E-state index contributed by atoms with van der Waals surface area (Å²) in [6.45, 7) is 1.68. The van der Waals surface area contributed by atoms with Crippen LogP contribution >= 0.6 is 0 Å². The van der Waals surface area contributed by atoms with Crippen molar-refractivity contribution in [3.8, 4) is 5.75 Å². The number of carbonyl (C=O) groups is 2. The summed E-state index contributed by atoms with van der Waals surface area (Å²) < 4.78 is 46.5. The number of halogens is 3. The molecule has 172 valence electrons. The molecule has 1 N–H and O–H groups in total. The lowest BCUT2D eigenvalue weighted by Crippen LogP contribution is -2.50. The minimum absolute atomic E-state index is 0.0534. The van der Waals surface area contributed by atoms with Gasteiger partial charge in [0.25, 0.3) is 0 Å². The first kappa shape index (κ1) is 23.6. The largest absolute Gasteiger partial charge is 0.495 e. The summed E-state index contributed by atoms with van der Waals surface area (Å²) in [6.07, 6.45) is 1.96. The zero-order valence-corrected chi connectivity index (χ0v) is 18.0. The fourth-order valence-corrected chi connectivity index (χ4v) is 3.98. The number of hydrogen-bond donors (Lipinski definition) is 1. The summed E-state index contributed by atoms with van der Waals surface area (Å²) in [7, 11) is 1.30. The van der Waals surface area contributed by atoms with Gasteiger partial charge in [0.05, 0.1) is 12.8 Å². The third-order valence-electron chi connectivity index (χ3n) is 5.54. The Bertz CT molecular complexity index is 944. The molecule has 1 heterocycles. The van der Waals surface area contributed by atoms with Crippen LogP contribution in [0.25, 0.3) is 0 Å². The van der Waals surface area contributed by atoms with Crippen LogP contribution in [0.4, 0.5) is 18.9 Å². The molecule has 1 fully saturated rings. The van der Waals surface area contributed by atoms with Crippen LogP contribution in [0.5, 0.6) is 5.75 Å². The van der Waals surface area contributed by atoms with Gasteiger partial charge in [0.1, 0.15) is 11.8 Å². The van der Waals surface area contributed by atoms with E-state index in [2.05, 4.69) is 10.3 Å². The molecule has 32 heavy (non-hydrogen) atoms. The quantitative estimate of drug-likeness (QED) is 0.706. The molecule has 2 aromatic rings. The maximum Gasteiger partial charge on any atom is 0.471 e. The minimum Gasteiger partial charge on any atom is -0.495 e. The van der Waals surface area contributed by atoms with Gasteiger partial charge in [-0.15, -0.1) is 0 Å². The van der Waals surface area contributed by atoms with Gasteiger partial charge in [0.2, 0.25) is 5.91 Å². The number of pyridine rings is 1. The van der Waals surface area contributed by atoms with E-state index in [0.717, 1.165) is 32.1 Å². The van der Waals surface area contributed by atoms with Gasteiger partial charge < -0.3 is 10.1 Å². The predicted molar refractivity (Wildman–Crippen MR) is 113 cm³/mol. The molecule has 1 aliphatic carbocycles. The van der Waals surface area contributed by atoms with E-state index >= 15 is 0 Å². The second-order valence-corrected chi connectivity index (χ2v) is 7.87. The third kappa shape index (κ3) is 5.38. The van der Waals surface area contributed by atoms with Crippen LogP contribution in [0.3, 0.4) is 0 Å². The lowest BCUT2D eigenvalue weighted by atomic mass is 9.94. The molecule has 3 rings (SSSR count). The molecule has 0 spiro atoms. The van der Waals surface area contributed by atoms with Crippen LogP contribution in [0.1, 0.15) is 49.3 Å². The highest BCUT2D eigenvalue weighted by molar-refractivity contribution is 6.04. The van der Waals surface area contributed by atoms with Gasteiger partial charge in [0.15, 0.2) is 0 Å². The number of anilines is 1. The average Bonchev–Trinajstić information content (AvgIpc) is 2.77. The van der Waals surface area contributed by atoms with Crippen LogP contribution < -0.4 is 15.0 Å². The van der Waals surface area contributed by atoms with Crippen molar-refractivity contribution in [2.45, 2.75) is 57.3 Å². The van der Waals surface area contributed by atoms with Gasteiger partial charge in [-0.05, 0) is 55.2 Å². The molecule has 1 atom stereocenters. The standard InChI is InChI=1S/C23H26F3N3O3/c1-15-8-9-19(32-2)18(14-15)29(22(31)23(24,25)26)20(16-10-12-27-13-11-16)21(30)28-17-6-4-3-5-7-17/h8-14,17,20H,3-7H2,1-2H3,(H,28,30). The molecular weight excluding hydrogens is 423 g/mol. The van der Waals surface area contributed by atoms with Crippen LogP contribution in [0.15, 0.2) is 42.7 Å². The molecule has 1 saturated carbocycles. The van der Waals surface area contributed by atoms with E-state index < -0.39 is 24.0 Å². The smallest absolute Gasteiger partial charge is 0.471 e. The SMILES string of the molecule is COc1ccc(C)cc1N(C(=O)C(F)(F)F)C(C(=O)NC1CCCCC1)c1ccncc1. The van der Waals surface area contributed by atoms with Crippen LogP contribution in [-0.4, -0.2) is 36.1 Å². The summed E-state index contributed by atoms with van der Waals surface area (Å²) in [5.74, 6) is -2.77. The van der Waals surface area contributed by atoms with Crippen molar-refractivity contribution in [2.75, 3.05) is 12.0 Å². The first-order chi connectivity index (χ1) is 15.2. The molecular formula is C23H26F3N3O3. The van der Waals surface area contributed by atoms with Crippen molar-refractivity contribution < 1.29 is 27.5 Å². The zero-order chi connectivity index (χ0) is 23.3. The summed E-state index contributed by atoms with van der Waals surface area (Å²) in [4.78, 5) is 30.5. The second-order valence-electron chi connectivity index (χ2n) is 7.87. The number of hydrogen-bond acceptors (Lipinski definition) is 4. The number of nitrogens with zero attached hydrogens (tertiary/aromatic N) is 2. The van der Waals surface area contributed by atoms with Gasteiger partial charge in [-0.2, -0.15) is 13.2 Å². The Morgan fingerprint density at radius 1 is 1.12 bits per heavy atom. The highest BCUT2D eigenvalue weighted by Crippen LogP contribution is 2.38. The Balaban J connectivity index is 2.14. The molecule has 1 aromatic heterocycles. The number of aromatic nitrogens is 1. The van der Waals surface area contributed by atoms with E-state index in [4.69, 9.17) is 4.74 Å². The van der Waals surface area contributed by atoms with Crippen molar-refractivity contribution in [1.82, 2.24) is 10.3 Å². The monoisotopic (exact) mass is 449 g/mol. The fraction of sp³-hybridized carbons (Fsp3) is 0.435. The lowest BCUT2D eigenvalue weighted by Gasteiger charge is -2.34. The number of ether oxygens (including phenoxy) is 1. The number of alkyl halides is 3. The van der Waals surface area contributed by atoms with Gasteiger partial charge in [-0.25, -0.2) is 0 Å². The molecule has 6 nitrogen and oxygen atoms in total. The maximum atomic E-state index is 13.7. The highest BCUT2D eigenvalue weighted by atomic mass is 19.4. The van der Waals surface area contributed by atoms with Crippen molar-refractivity contribution >= 4 is 17.5 Å². The molecule has 1 unspecified atom stereocenters. The normalized spacial score (nSPS) is 15.7. The van der Waals surface area contributed by atoms with Crippen molar-refractivity contribution in [3.63, 3.8) is 0 Å². The van der Waals surface area contributed by atoms with E-state index in [1.165, 1.54) is 43.8 Å². The van der Waals surface area contributed by atoms with E-state index in [-0.39, 0.29) is 23.0 Å². The Kier molecular flexibility index (Phi) is 7.37. The summed E-state index contributed by atoms with van der Waals surface area (Å²) >= 11 is 0. The lowest BCUT2D eigenvalue weighted by molar-refractivity contribution is -0.171. The number of carbonyl (C=O) groups excluding carboxylic acids is 2. The summed E-state index contributed by atoms with van der Waals surface area (Å²) in [5.41, 5.74) is 0.701. The fourth-order valence-electron chi connectivity index (χ4n) is 3.98. The van der Waals surface area contributed by atoms with Gasteiger partial charge in [-0.3, -0.25) is 19.5 Å². The molecule has 2 amide bonds. The summed E-state index contributed by atoms with van der Waals surface area (Å²) in [5, 5.41) is 2.86. The molecule has 0 saturated heterocycles. The Hall–Kier alpha value is -3.10.